The minimum absolute atomic E-state index is 0.0533. The summed E-state index contributed by atoms with van der Waals surface area (Å²) in [5.41, 5.74) is -2.06. The van der Waals surface area contributed by atoms with Crippen molar-refractivity contribution in [3.63, 3.8) is 0 Å². The summed E-state index contributed by atoms with van der Waals surface area (Å²) < 4.78 is 12.8. The number of hydrogen-bond donors (Lipinski definition) is 2. The standard InChI is InChI=1S/C21H32O4Si/c1-8-14-18(2,3)17(23)13-11-19(14,4)21(20(13,12-22)25-21)15-9-10-16(24-15)26(5,6)7/h8-10,13-14,17,22-23H,1,11-12H2,2-7H3/t13?,14-,17+,19+,20-,21+/m1/s1. The fraction of sp³-hybridized carbons (Fsp3) is 0.714. The Morgan fingerprint density at radius 2 is 1.92 bits per heavy atom. The van der Waals surface area contributed by atoms with Gasteiger partial charge in [-0.2, -0.15) is 0 Å². The van der Waals surface area contributed by atoms with Crippen LogP contribution in [0.15, 0.2) is 29.2 Å². The van der Waals surface area contributed by atoms with Crippen molar-refractivity contribution < 1.29 is 19.4 Å². The SMILES string of the molecule is C=C[C@@H]1C(C)(C)[C@@H](O)C2C[C@]1(C)[C@]1(c3ccc([Si](C)(C)C)o3)O[C@]21CO. The molecular formula is C21H32O4Si. The molecule has 5 heteroatoms. The predicted octanol–water partition coefficient (Wildman–Crippen LogP) is 3.01. The van der Waals surface area contributed by atoms with Gasteiger partial charge in [0.15, 0.2) is 5.60 Å². The third-order valence-corrected chi connectivity index (χ3v) is 9.48. The minimum atomic E-state index is -1.59. The Morgan fingerprint density at radius 1 is 1.27 bits per heavy atom. The molecule has 2 bridgehead atoms. The van der Waals surface area contributed by atoms with Gasteiger partial charge >= 0.3 is 0 Å². The lowest BCUT2D eigenvalue weighted by atomic mass is 9.53. The summed E-state index contributed by atoms with van der Waals surface area (Å²) in [5, 5.41) is 22.6. The Labute approximate surface area is 157 Å². The molecule has 1 aliphatic heterocycles. The zero-order valence-electron chi connectivity index (χ0n) is 16.8. The minimum Gasteiger partial charge on any atom is -0.468 e. The van der Waals surface area contributed by atoms with Gasteiger partial charge in [-0.1, -0.05) is 46.5 Å². The molecule has 0 aromatic carbocycles. The molecule has 1 aromatic rings. The fourth-order valence-electron chi connectivity index (χ4n) is 6.48. The monoisotopic (exact) mass is 376 g/mol. The van der Waals surface area contributed by atoms with Crippen molar-refractivity contribution in [1.29, 1.82) is 0 Å². The van der Waals surface area contributed by atoms with E-state index < -0.39 is 25.4 Å². The van der Waals surface area contributed by atoms with E-state index in [-0.39, 0.29) is 29.3 Å². The average Bonchev–Trinajstić information content (AvgIpc) is 2.90. The summed E-state index contributed by atoms with van der Waals surface area (Å²) in [4.78, 5) is 0. The molecule has 0 spiro atoms. The van der Waals surface area contributed by atoms with Gasteiger partial charge in [-0.15, -0.1) is 6.58 Å². The van der Waals surface area contributed by atoms with Gasteiger partial charge in [0.25, 0.3) is 0 Å². The van der Waals surface area contributed by atoms with Gasteiger partial charge in [-0.05, 0) is 29.9 Å². The number of aliphatic hydroxyl groups is 2. The van der Waals surface area contributed by atoms with Crippen molar-refractivity contribution in [2.24, 2.45) is 22.7 Å². The summed E-state index contributed by atoms with van der Waals surface area (Å²) in [7, 11) is -1.59. The summed E-state index contributed by atoms with van der Waals surface area (Å²) >= 11 is 0. The Balaban J connectivity index is 1.92. The van der Waals surface area contributed by atoms with E-state index in [1.165, 1.54) is 0 Å². The van der Waals surface area contributed by atoms with Crippen LogP contribution < -0.4 is 5.38 Å². The van der Waals surface area contributed by atoms with E-state index in [0.29, 0.717) is 0 Å². The third kappa shape index (κ3) is 1.76. The van der Waals surface area contributed by atoms with Crippen LogP contribution in [-0.2, 0) is 10.3 Å². The van der Waals surface area contributed by atoms with Crippen LogP contribution in [0.2, 0.25) is 19.6 Å². The fourth-order valence-corrected chi connectivity index (χ4v) is 7.48. The molecule has 26 heavy (non-hydrogen) atoms. The highest BCUT2D eigenvalue weighted by atomic mass is 28.3. The number of rotatable bonds is 4. The van der Waals surface area contributed by atoms with E-state index in [2.05, 4.69) is 53.1 Å². The highest BCUT2D eigenvalue weighted by molar-refractivity contribution is 6.87. The van der Waals surface area contributed by atoms with Crippen LogP contribution in [0.5, 0.6) is 0 Å². The van der Waals surface area contributed by atoms with Crippen molar-refractivity contribution in [1.82, 2.24) is 0 Å². The maximum absolute atomic E-state index is 11.2. The Hall–Kier alpha value is -0.883. The summed E-state index contributed by atoms with van der Waals surface area (Å²) in [6, 6.07) is 4.12. The van der Waals surface area contributed by atoms with Crippen molar-refractivity contribution in [2.75, 3.05) is 6.61 Å². The van der Waals surface area contributed by atoms with Gasteiger partial charge in [-0.3, -0.25) is 0 Å². The van der Waals surface area contributed by atoms with E-state index >= 15 is 0 Å². The number of allylic oxidation sites excluding steroid dienone is 1. The molecule has 4 nitrogen and oxygen atoms in total. The molecule has 2 heterocycles. The first-order chi connectivity index (χ1) is 11.9. The first-order valence-electron chi connectivity index (χ1n) is 9.65. The Morgan fingerprint density at radius 3 is 2.42 bits per heavy atom. The van der Waals surface area contributed by atoms with Gasteiger partial charge in [-0.25, -0.2) is 0 Å². The molecule has 4 rings (SSSR count). The molecule has 3 aliphatic rings. The number of epoxide rings is 1. The predicted molar refractivity (Wildman–Crippen MR) is 104 cm³/mol. The second-order valence-electron chi connectivity index (χ2n) is 10.5. The maximum Gasteiger partial charge on any atom is 0.164 e. The second kappa shape index (κ2) is 4.93. The number of furan rings is 1. The highest BCUT2D eigenvalue weighted by Crippen LogP contribution is 2.82. The van der Waals surface area contributed by atoms with Crippen molar-refractivity contribution >= 4 is 13.5 Å². The number of hydrogen-bond acceptors (Lipinski definition) is 4. The lowest BCUT2D eigenvalue weighted by Crippen LogP contribution is -2.54. The summed E-state index contributed by atoms with van der Waals surface area (Å²) in [6.45, 7) is 17.2. The van der Waals surface area contributed by atoms with Crippen LogP contribution in [0, 0.1) is 22.7 Å². The summed E-state index contributed by atoms with van der Waals surface area (Å²) in [6.07, 6.45) is 2.22. The topological polar surface area (TPSA) is 66.1 Å². The molecular weight excluding hydrogens is 344 g/mol. The summed E-state index contributed by atoms with van der Waals surface area (Å²) in [5.74, 6) is 0.757. The van der Waals surface area contributed by atoms with E-state index in [0.717, 1.165) is 17.6 Å². The quantitative estimate of drug-likeness (QED) is 0.482. The molecule has 6 atom stereocenters. The Bertz CT molecular complexity index is 762. The van der Waals surface area contributed by atoms with E-state index in [1.54, 1.807) is 0 Å². The van der Waals surface area contributed by atoms with E-state index in [1.807, 2.05) is 12.1 Å². The lowest BCUT2D eigenvalue weighted by Gasteiger charge is -2.53. The molecule has 0 amide bonds. The molecule has 1 saturated heterocycles. The third-order valence-electron chi connectivity index (χ3n) is 7.73. The molecule has 1 unspecified atom stereocenters. The van der Waals surface area contributed by atoms with Gasteiger partial charge in [0.2, 0.25) is 0 Å². The first-order valence-corrected chi connectivity index (χ1v) is 13.1. The zero-order valence-corrected chi connectivity index (χ0v) is 17.8. The molecule has 0 radical (unpaired) electrons. The van der Waals surface area contributed by atoms with Gasteiger partial charge in [0, 0.05) is 11.3 Å². The van der Waals surface area contributed by atoms with Crippen LogP contribution in [-0.4, -0.2) is 36.6 Å². The number of aliphatic hydroxyl groups excluding tert-OH is 2. The van der Waals surface area contributed by atoms with E-state index in [4.69, 9.17) is 9.15 Å². The lowest BCUT2D eigenvalue weighted by molar-refractivity contribution is -0.145. The van der Waals surface area contributed by atoms with Crippen molar-refractivity contribution in [3.05, 3.63) is 30.5 Å². The number of fused-ring (bicyclic) bond motifs is 5. The smallest absolute Gasteiger partial charge is 0.164 e. The van der Waals surface area contributed by atoms with E-state index in [9.17, 15) is 10.2 Å². The highest BCUT2D eigenvalue weighted by Gasteiger charge is 2.91. The normalized spacial score (nSPS) is 46.1. The molecule has 3 fully saturated rings. The largest absolute Gasteiger partial charge is 0.468 e. The average molecular weight is 377 g/mol. The van der Waals surface area contributed by atoms with Gasteiger partial charge in [0.05, 0.1) is 18.1 Å². The van der Waals surface area contributed by atoms with Crippen LogP contribution in [0.4, 0.5) is 0 Å². The Kier molecular flexibility index (Phi) is 3.51. The van der Waals surface area contributed by atoms with Gasteiger partial charge in [0.1, 0.15) is 19.4 Å². The van der Waals surface area contributed by atoms with Crippen molar-refractivity contribution in [2.45, 2.75) is 64.1 Å². The van der Waals surface area contributed by atoms with Crippen LogP contribution in [0.3, 0.4) is 0 Å². The van der Waals surface area contributed by atoms with Crippen LogP contribution in [0.25, 0.3) is 0 Å². The molecule has 1 aromatic heterocycles. The first kappa shape index (κ1) is 18.5. The zero-order chi connectivity index (χ0) is 19.3. The second-order valence-corrected chi connectivity index (χ2v) is 15.4. The molecule has 2 N–H and O–H groups in total. The van der Waals surface area contributed by atoms with Crippen molar-refractivity contribution in [3.8, 4) is 0 Å². The molecule has 144 valence electrons. The van der Waals surface area contributed by atoms with Gasteiger partial charge < -0.3 is 19.4 Å². The number of ether oxygens (including phenoxy) is 1. The molecule has 2 saturated carbocycles. The van der Waals surface area contributed by atoms with Crippen LogP contribution in [0.1, 0.15) is 33.0 Å². The maximum atomic E-state index is 11.2. The van der Waals surface area contributed by atoms with Crippen LogP contribution >= 0.6 is 0 Å². The molecule has 2 aliphatic carbocycles.